The summed E-state index contributed by atoms with van der Waals surface area (Å²) in [7, 11) is 0. The van der Waals surface area contributed by atoms with Crippen LogP contribution in [-0.4, -0.2) is 4.98 Å². The molecule has 1 nitrogen and oxygen atoms in total. The van der Waals surface area contributed by atoms with Crippen molar-refractivity contribution in [1.82, 2.24) is 4.98 Å². The second-order valence-electron chi connectivity index (χ2n) is 4.79. The zero-order chi connectivity index (χ0) is 13.6. The number of rotatable bonds is 1. The summed E-state index contributed by atoms with van der Waals surface area (Å²) in [5.74, 6) is -0.122. The van der Waals surface area contributed by atoms with E-state index < -0.39 is 0 Å². The van der Waals surface area contributed by atoms with E-state index in [0.29, 0.717) is 20.4 Å². The molecule has 96 valence electrons. The van der Waals surface area contributed by atoms with Gasteiger partial charge in [0, 0.05) is 5.69 Å². The predicted octanol–water partition coefficient (Wildman–Crippen LogP) is 5.53. The molecule has 1 aromatic heterocycles. The average molecular weight is 331 g/mol. The Morgan fingerprint density at radius 1 is 1.33 bits per heavy atom. The van der Waals surface area contributed by atoms with Gasteiger partial charge in [0.25, 0.3) is 0 Å². The van der Waals surface area contributed by atoms with Gasteiger partial charge in [-0.05, 0) is 52.9 Å². The highest BCUT2D eigenvalue weighted by molar-refractivity contribution is 9.10. The Balaban J connectivity index is 3.01. The van der Waals surface area contributed by atoms with E-state index in [1.807, 2.05) is 27.7 Å². The molecule has 2 rings (SSSR count). The molecule has 0 radical (unpaired) electrons. The predicted molar refractivity (Wildman–Crippen MR) is 78.0 cm³/mol. The lowest BCUT2D eigenvalue weighted by molar-refractivity contribution is 0.632. The fourth-order valence-corrected chi connectivity index (χ4v) is 3.35. The van der Waals surface area contributed by atoms with Crippen LogP contribution in [0.3, 0.4) is 0 Å². The van der Waals surface area contributed by atoms with Gasteiger partial charge in [-0.25, -0.2) is 4.39 Å². The van der Waals surface area contributed by atoms with Gasteiger partial charge < -0.3 is 0 Å². The monoisotopic (exact) mass is 329 g/mol. The van der Waals surface area contributed by atoms with E-state index in [0.717, 1.165) is 16.8 Å². The molecule has 0 N–H and O–H groups in total. The number of hydrogen-bond acceptors (Lipinski definition) is 1. The number of hydrogen-bond donors (Lipinski definition) is 0. The maximum absolute atomic E-state index is 14.2. The van der Waals surface area contributed by atoms with Crippen LogP contribution in [0.1, 0.15) is 36.6 Å². The van der Waals surface area contributed by atoms with Crippen LogP contribution in [-0.2, 0) is 0 Å². The number of pyridine rings is 1. The third-order valence-electron chi connectivity index (χ3n) is 3.09. The van der Waals surface area contributed by atoms with Gasteiger partial charge in [-0.2, -0.15) is 0 Å². The van der Waals surface area contributed by atoms with Crippen molar-refractivity contribution < 1.29 is 4.39 Å². The Morgan fingerprint density at radius 3 is 2.50 bits per heavy atom. The van der Waals surface area contributed by atoms with Crippen LogP contribution in [0.4, 0.5) is 4.39 Å². The van der Waals surface area contributed by atoms with Crippen molar-refractivity contribution in [3.63, 3.8) is 0 Å². The van der Waals surface area contributed by atoms with Crippen molar-refractivity contribution in [3.05, 3.63) is 38.2 Å². The van der Waals surface area contributed by atoms with Crippen molar-refractivity contribution in [2.24, 2.45) is 0 Å². The molecule has 4 heteroatoms. The quantitative estimate of drug-likeness (QED) is 0.670. The first kappa shape index (κ1) is 13.8. The van der Waals surface area contributed by atoms with Gasteiger partial charge in [-0.1, -0.05) is 25.4 Å². The molecular formula is C14H14BrClFN. The van der Waals surface area contributed by atoms with Crippen molar-refractivity contribution in [3.8, 4) is 0 Å². The summed E-state index contributed by atoms with van der Waals surface area (Å²) in [5.41, 5.74) is 3.34. The fourth-order valence-electron chi connectivity index (χ4n) is 2.28. The Hall–Kier alpha value is -0.670. The van der Waals surface area contributed by atoms with Gasteiger partial charge in [-0.3, -0.25) is 4.98 Å². The molecule has 1 heterocycles. The van der Waals surface area contributed by atoms with Crippen LogP contribution in [0, 0.1) is 19.7 Å². The molecule has 1 aromatic carbocycles. The molecule has 0 aliphatic rings. The highest BCUT2D eigenvalue weighted by atomic mass is 79.9. The zero-order valence-corrected chi connectivity index (χ0v) is 13.1. The maximum Gasteiger partial charge on any atom is 0.148 e. The third kappa shape index (κ3) is 2.04. The Morgan fingerprint density at radius 2 is 1.94 bits per heavy atom. The Bertz CT molecular complexity index is 638. The Labute approximate surface area is 119 Å². The first-order chi connectivity index (χ1) is 8.34. The van der Waals surface area contributed by atoms with E-state index in [2.05, 4.69) is 20.9 Å². The molecule has 0 spiro atoms. The highest BCUT2D eigenvalue weighted by Gasteiger charge is 2.19. The minimum Gasteiger partial charge on any atom is -0.252 e. The molecule has 0 saturated carbocycles. The summed E-state index contributed by atoms with van der Waals surface area (Å²) < 4.78 is 14.7. The average Bonchev–Trinajstić information content (AvgIpc) is 2.25. The number of nitrogens with zero attached hydrogens (tertiary/aromatic N) is 1. The van der Waals surface area contributed by atoms with E-state index in [4.69, 9.17) is 11.6 Å². The summed E-state index contributed by atoms with van der Waals surface area (Å²) in [5, 5.41) is 0.896. The lowest BCUT2D eigenvalue weighted by Crippen LogP contribution is -2.01. The molecule has 0 unspecified atom stereocenters. The molecule has 2 aromatic rings. The minimum atomic E-state index is -0.338. The summed E-state index contributed by atoms with van der Waals surface area (Å²) >= 11 is 9.61. The van der Waals surface area contributed by atoms with E-state index in [1.165, 1.54) is 0 Å². The van der Waals surface area contributed by atoms with Gasteiger partial charge in [0.1, 0.15) is 5.82 Å². The second-order valence-corrected chi connectivity index (χ2v) is 6.02. The van der Waals surface area contributed by atoms with Crippen LogP contribution in [0.15, 0.2) is 10.5 Å². The van der Waals surface area contributed by atoms with Gasteiger partial charge in [0.05, 0.1) is 20.4 Å². The van der Waals surface area contributed by atoms with Crippen LogP contribution >= 0.6 is 27.5 Å². The second kappa shape index (κ2) is 4.78. The number of fused-ring (bicyclic) bond motifs is 1. The molecule has 0 aliphatic heterocycles. The normalized spacial score (nSPS) is 11.6. The molecule has 0 saturated heterocycles. The number of aromatic nitrogens is 1. The van der Waals surface area contributed by atoms with Crippen molar-refractivity contribution >= 4 is 38.4 Å². The molecule has 18 heavy (non-hydrogen) atoms. The lowest BCUT2D eigenvalue weighted by atomic mass is 9.98. The molecule has 0 fully saturated rings. The molecule has 0 aliphatic carbocycles. The largest absolute Gasteiger partial charge is 0.252 e. The van der Waals surface area contributed by atoms with E-state index in [1.54, 1.807) is 6.07 Å². The topological polar surface area (TPSA) is 12.9 Å². The van der Waals surface area contributed by atoms with Crippen molar-refractivity contribution in [2.45, 2.75) is 33.6 Å². The minimum absolute atomic E-state index is 0.216. The van der Waals surface area contributed by atoms with E-state index >= 15 is 0 Å². The molecule has 0 amide bonds. The number of halogens is 3. The van der Waals surface area contributed by atoms with Crippen molar-refractivity contribution in [1.29, 1.82) is 0 Å². The summed E-state index contributed by atoms with van der Waals surface area (Å²) in [6.07, 6.45) is 0. The van der Waals surface area contributed by atoms with Gasteiger partial charge >= 0.3 is 0 Å². The van der Waals surface area contributed by atoms with Gasteiger partial charge in [0.2, 0.25) is 0 Å². The van der Waals surface area contributed by atoms with Crippen LogP contribution in [0.2, 0.25) is 5.02 Å². The summed E-state index contributed by atoms with van der Waals surface area (Å²) in [6.45, 7) is 7.89. The standard InChI is InChI=1S/C14H14BrClFN/c1-6(2)10-8(4)18-14-7(3)5-9(15)13(17)11(14)12(10)16/h5-6H,1-4H3. The molecular weight excluding hydrogens is 317 g/mol. The lowest BCUT2D eigenvalue weighted by Gasteiger charge is -2.16. The summed E-state index contributed by atoms with van der Waals surface area (Å²) in [4.78, 5) is 4.51. The van der Waals surface area contributed by atoms with E-state index in [9.17, 15) is 4.39 Å². The highest BCUT2D eigenvalue weighted by Crippen LogP contribution is 2.37. The smallest absolute Gasteiger partial charge is 0.148 e. The van der Waals surface area contributed by atoms with Crippen LogP contribution < -0.4 is 0 Å². The molecule has 0 atom stereocenters. The zero-order valence-electron chi connectivity index (χ0n) is 10.7. The third-order valence-corrected chi connectivity index (χ3v) is 4.05. The number of benzene rings is 1. The Kier molecular flexibility index (Phi) is 3.65. The van der Waals surface area contributed by atoms with Crippen LogP contribution in [0.5, 0.6) is 0 Å². The van der Waals surface area contributed by atoms with Gasteiger partial charge in [0.15, 0.2) is 0 Å². The number of aryl methyl sites for hydroxylation is 2. The SMILES string of the molecule is Cc1nc2c(C)cc(Br)c(F)c2c(Cl)c1C(C)C. The first-order valence-corrected chi connectivity index (χ1v) is 6.96. The summed E-state index contributed by atoms with van der Waals surface area (Å²) in [6, 6.07) is 1.73. The first-order valence-electron chi connectivity index (χ1n) is 5.78. The van der Waals surface area contributed by atoms with Gasteiger partial charge in [-0.15, -0.1) is 0 Å². The fraction of sp³-hybridized carbons (Fsp3) is 0.357. The van der Waals surface area contributed by atoms with Crippen LogP contribution in [0.25, 0.3) is 10.9 Å². The van der Waals surface area contributed by atoms with Crippen molar-refractivity contribution in [2.75, 3.05) is 0 Å². The molecule has 0 bridgehead atoms. The maximum atomic E-state index is 14.2. The van der Waals surface area contributed by atoms with E-state index in [-0.39, 0.29) is 11.7 Å².